The second-order valence-corrected chi connectivity index (χ2v) is 7.46. The molecule has 3 heterocycles. The Morgan fingerprint density at radius 2 is 2.00 bits per heavy atom. The Kier molecular flexibility index (Phi) is 4.12. The monoisotopic (exact) mass is 387 g/mol. The number of amides is 1. The first-order valence-corrected chi connectivity index (χ1v) is 9.59. The third-order valence-electron chi connectivity index (χ3n) is 5.63. The number of aromatic nitrogens is 2. The van der Waals surface area contributed by atoms with Crippen LogP contribution in [0.1, 0.15) is 22.9 Å². The first kappa shape index (κ1) is 17.6. The van der Waals surface area contributed by atoms with Gasteiger partial charge in [-0.25, -0.2) is 4.79 Å². The van der Waals surface area contributed by atoms with Gasteiger partial charge in [0.2, 0.25) is 0 Å². The SMILES string of the molecule is Cc1cn(C)c2cc(-c3conc3CN3C(=O)OCC3c3ccccc3)ccc12. The normalized spacial score (nSPS) is 16.6. The maximum Gasteiger partial charge on any atom is 0.410 e. The van der Waals surface area contributed by atoms with Gasteiger partial charge in [0.1, 0.15) is 18.6 Å². The summed E-state index contributed by atoms with van der Waals surface area (Å²) in [6, 6.07) is 16.1. The van der Waals surface area contributed by atoms with Gasteiger partial charge in [0.15, 0.2) is 0 Å². The lowest BCUT2D eigenvalue weighted by molar-refractivity contribution is 0.155. The minimum absolute atomic E-state index is 0.133. The van der Waals surface area contributed by atoms with Crippen molar-refractivity contribution < 1.29 is 14.1 Å². The molecule has 5 rings (SSSR count). The number of ether oxygens (including phenoxy) is 1. The van der Waals surface area contributed by atoms with Crippen molar-refractivity contribution in [2.24, 2.45) is 7.05 Å². The molecular formula is C23H21N3O3. The second-order valence-electron chi connectivity index (χ2n) is 7.46. The summed E-state index contributed by atoms with van der Waals surface area (Å²) in [5.74, 6) is 0. The zero-order valence-corrected chi connectivity index (χ0v) is 16.3. The van der Waals surface area contributed by atoms with Crippen LogP contribution in [0.5, 0.6) is 0 Å². The summed E-state index contributed by atoms with van der Waals surface area (Å²) >= 11 is 0. The van der Waals surface area contributed by atoms with Crippen LogP contribution in [-0.2, 0) is 18.3 Å². The van der Waals surface area contributed by atoms with Crippen LogP contribution in [0.25, 0.3) is 22.0 Å². The molecule has 0 spiro atoms. The van der Waals surface area contributed by atoms with Crippen molar-refractivity contribution in [1.82, 2.24) is 14.6 Å². The van der Waals surface area contributed by atoms with Crippen molar-refractivity contribution in [2.75, 3.05) is 6.61 Å². The van der Waals surface area contributed by atoms with Crippen molar-refractivity contribution in [2.45, 2.75) is 19.5 Å². The molecular weight excluding hydrogens is 366 g/mol. The number of hydrogen-bond acceptors (Lipinski definition) is 4. The molecule has 0 N–H and O–H groups in total. The summed E-state index contributed by atoms with van der Waals surface area (Å²) < 4.78 is 12.7. The topological polar surface area (TPSA) is 60.5 Å². The fourth-order valence-corrected chi connectivity index (χ4v) is 4.10. The van der Waals surface area contributed by atoms with Crippen LogP contribution >= 0.6 is 0 Å². The number of cyclic esters (lactones) is 1. The maximum atomic E-state index is 12.4. The first-order valence-electron chi connectivity index (χ1n) is 9.59. The lowest BCUT2D eigenvalue weighted by Gasteiger charge is -2.21. The highest BCUT2D eigenvalue weighted by atomic mass is 16.6. The number of carbonyl (C=O) groups is 1. The van der Waals surface area contributed by atoms with Crippen LogP contribution < -0.4 is 0 Å². The van der Waals surface area contributed by atoms with Gasteiger partial charge in [-0.1, -0.05) is 47.6 Å². The Bertz CT molecular complexity index is 1190. The fourth-order valence-electron chi connectivity index (χ4n) is 4.10. The number of carbonyl (C=O) groups excluding carboxylic acids is 1. The van der Waals surface area contributed by atoms with Crippen molar-refractivity contribution in [1.29, 1.82) is 0 Å². The fraction of sp³-hybridized carbons (Fsp3) is 0.217. The van der Waals surface area contributed by atoms with Crippen LogP contribution in [0.2, 0.25) is 0 Å². The molecule has 1 fully saturated rings. The smallest absolute Gasteiger partial charge is 0.410 e. The third kappa shape index (κ3) is 2.97. The van der Waals surface area contributed by atoms with E-state index in [-0.39, 0.29) is 12.1 Å². The molecule has 1 atom stereocenters. The quantitative estimate of drug-likeness (QED) is 0.503. The van der Waals surface area contributed by atoms with E-state index in [9.17, 15) is 4.79 Å². The molecule has 4 aromatic rings. The Morgan fingerprint density at radius 3 is 2.83 bits per heavy atom. The zero-order chi connectivity index (χ0) is 20.0. The molecule has 29 heavy (non-hydrogen) atoms. The minimum Gasteiger partial charge on any atom is -0.447 e. The highest BCUT2D eigenvalue weighted by Gasteiger charge is 2.35. The van der Waals surface area contributed by atoms with Crippen LogP contribution in [0.15, 0.2) is 65.5 Å². The van der Waals surface area contributed by atoms with E-state index in [4.69, 9.17) is 9.26 Å². The van der Waals surface area contributed by atoms with Crippen molar-refractivity contribution in [3.8, 4) is 11.1 Å². The van der Waals surface area contributed by atoms with Gasteiger partial charge in [0, 0.05) is 29.7 Å². The summed E-state index contributed by atoms with van der Waals surface area (Å²) in [5.41, 5.74) is 6.05. The highest BCUT2D eigenvalue weighted by Crippen LogP contribution is 2.33. The molecule has 0 aliphatic carbocycles. The average Bonchev–Trinajstić information content (AvgIpc) is 3.42. The van der Waals surface area contributed by atoms with Crippen molar-refractivity contribution >= 4 is 17.0 Å². The van der Waals surface area contributed by atoms with E-state index < -0.39 is 0 Å². The summed E-state index contributed by atoms with van der Waals surface area (Å²) in [6.45, 7) is 2.77. The molecule has 6 nitrogen and oxygen atoms in total. The lowest BCUT2D eigenvalue weighted by Crippen LogP contribution is -2.27. The third-order valence-corrected chi connectivity index (χ3v) is 5.63. The maximum absolute atomic E-state index is 12.4. The average molecular weight is 387 g/mol. The van der Waals surface area contributed by atoms with Crippen LogP contribution in [0.4, 0.5) is 4.79 Å². The molecule has 1 aliphatic heterocycles. The largest absolute Gasteiger partial charge is 0.447 e. The van der Waals surface area contributed by atoms with Crippen molar-refractivity contribution in [3.63, 3.8) is 0 Å². The summed E-state index contributed by atoms with van der Waals surface area (Å²) in [4.78, 5) is 14.1. The van der Waals surface area contributed by atoms with Gasteiger partial charge in [-0.2, -0.15) is 0 Å². The second kappa shape index (κ2) is 6.81. The molecule has 146 valence electrons. The van der Waals surface area contributed by atoms with E-state index in [1.54, 1.807) is 11.2 Å². The van der Waals surface area contributed by atoms with E-state index >= 15 is 0 Å². The number of benzene rings is 2. The van der Waals surface area contributed by atoms with E-state index in [0.29, 0.717) is 13.2 Å². The molecule has 2 aromatic carbocycles. The van der Waals surface area contributed by atoms with Gasteiger partial charge in [-0.3, -0.25) is 4.90 Å². The van der Waals surface area contributed by atoms with E-state index in [1.807, 2.05) is 37.4 Å². The molecule has 0 radical (unpaired) electrons. The first-order chi connectivity index (χ1) is 14.1. The number of nitrogens with zero attached hydrogens (tertiary/aromatic N) is 3. The molecule has 1 saturated heterocycles. The standard InChI is InChI=1S/C23H21N3O3/c1-15-11-25(2)21-10-17(8-9-18(15)21)19-13-29-24-20(19)12-26-22(14-28-23(26)27)16-6-4-3-5-7-16/h3-11,13,22H,12,14H2,1-2H3. The molecule has 1 unspecified atom stereocenters. The lowest BCUT2D eigenvalue weighted by atomic mass is 10.0. The van der Waals surface area contributed by atoms with Gasteiger partial charge < -0.3 is 13.8 Å². The molecule has 1 aliphatic rings. The highest BCUT2D eigenvalue weighted by molar-refractivity contribution is 5.88. The molecule has 6 heteroatoms. The van der Waals surface area contributed by atoms with Crippen LogP contribution in [0, 0.1) is 6.92 Å². The number of aryl methyl sites for hydroxylation is 2. The number of rotatable bonds is 4. The predicted octanol–water partition coefficient (Wildman–Crippen LogP) is 4.84. The Morgan fingerprint density at radius 1 is 1.17 bits per heavy atom. The molecule has 0 bridgehead atoms. The Balaban J connectivity index is 1.49. The van der Waals surface area contributed by atoms with Gasteiger partial charge in [-0.15, -0.1) is 0 Å². The van der Waals surface area contributed by atoms with E-state index in [1.165, 1.54) is 10.9 Å². The summed E-state index contributed by atoms with van der Waals surface area (Å²) in [6.07, 6.45) is 3.43. The molecule has 1 amide bonds. The predicted molar refractivity (Wildman–Crippen MR) is 109 cm³/mol. The van der Waals surface area contributed by atoms with Crippen LogP contribution in [-0.4, -0.2) is 27.3 Å². The van der Waals surface area contributed by atoms with E-state index in [0.717, 1.165) is 27.9 Å². The summed E-state index contributed by atoms with van der Waals surface area (Å²) in [5, 5.41) is 5.42. The molecule has 2 aromatic heterocycles. The van der Waals surface area contributed by atoms with Gasteiger partial charge >= 0.3 is 6.09 Å². The number of fused-ring (bicyclic) bond motifs is 1. The zero-order valence-electron chi connectivity index (χ0n) is 16.3. The Labute approximate surface area is 168 Å². The van der Waals surface area contributed by atoms with Gasteiger partial charge in [0.05, 0.1) is 12.6 Å². The van der Waals surface area contributed by atoms with Gasteiger partial charge in [0.25, 0.3) is 0 Å². The van der Waals surface area contributed by atoms with Crippen LogP contribution in [0.3, 0.4) is 0 Å². The minimum atomic E-state index is -0.332. The summed E-state index contributed by atoms with van der Waals surface area (Å²) in [7, 11) is 2.04. The van der Waals surface area contributed by atoms with Crippen molar-refractivity contribution in [3.05, 3.63) is 77.8 Å². The number of hydrogen-bond donors (Lipinski definition) is 0. The molecule has 0 saturated carbocycles. The Hall–Kier alpha value is -3.54. The van der Waals surface area contributed by atoms with E-state index in [2.05, 4.69) is 41.0 Å². The van der Waals surface area contributed by atoms with Gasteiger partial charge in [-0.05, 0) is 29.7 Å².